The van der Waals surface area contributed by atoms with Crippen LogP contribution in [0.3, 0.4) is 0 Å². The number of carbonyl (C=O) groups is 1. The number of aromatic nitrogens is 3. The number of carbonyl (C=O) groups excluding carboxylic acids is 1. The lowest BCUT2D eigenvalue weighted by Crippen LogP contribution is -2.56. The monoisotopic (exact) mass is 412 g/mol. The summed E-state index contributed by atoms with van der Waals surface area (Å²) in [7, 11) is 0. The Morgan fingerprint density at radius 3 is 2.52 bits per heavy atom. The Hall–Kier alpha value is -4.00. The molecule has 0 unspecified atom stereocenters. The molecule has 0 spiro atoms. The first kappa shape index (κ1) is 19.0. The van der Waals surface area contributed by atoms with E-state index in [1.165, 1.54) is 0 Å². The van der Waals surface area contributed by atoms with E-state index < -0.39 is 0 Å². The van der Waals surface area contributed by atoms with Crippen LogP contribution in [0.15, 0.2) is 77.4 Å². The Labute approximate surface area is 179 Å². The molecule has 1 amide bonds. The third kappa shape index (κ3) is 3.90. The highest BCUT2D eigenvalue weighted by molar-refractivity contribution is 5.95. The van der Waals surface area contributed by atoms with Gasteiger partial charge in [0.25, 0.3) is 11.8 Å². The maximum atomic E-state index is 12.6. The van der Waals surface area contributed by atoms with Crippen molar-refractivity contribution in [2.45, 2.75) is 13.0 Å². The fourth-order valence-corrected chi connectivity index (χ4v) is 3.47. The van der Waals surface area contributed by atoms with Crippen LogP contribution in [0.1, 0.15) is 16.1 Å². The lowest BCUT2D eigenvalue weighted by Gasteiger charge is -2.39. The molecule has 1 aliphatic rings. The number of pyridine rings is 1. The molecule has 7 nitrogen and oxygen atoms in total. The van der Waals surface area contributed by atoms with Gasteiger partial charge in [0.2, 0.25) is 5.82 Å². The summed E-state index contributed by atoms with van der Waals surface area (Å²) in [5, 5.41) is 4.07. The number of rotatable bonds is 5. The van der Waals surface area contributed by atoms with Gasteiger partial charge in [-0.25, -0.2) is 0 Å². The van der Waals surface area contributed by atoms with Crippen molar-refractivity contribution in [3.8, 4) is 28.6 Å². The Kier molecular flexibility index (Phi) is 4.92. The fourth-order valence-electron chi connectivity index (χ4n) is 3.47. The molecule has 0 radical (unpaired) electrons. The van der Waals surface area contributed by atoms with Crippen molar-refractivity contribution in [1.82, 2.24) is 20.0 Å². The van der Waals surface area contributed by atoms with E-state index in [0.717, 1.165) is 22.6 Å². The second-order valence-electron chi connectivity index (χ2n) is 7.40. The summed E-state index contributed by atoms with van der Waals surface area (Å²) in [5.74, 6) is 1.74. The number of hydrogen-bond acceptors (Lipinski definition) is 6. The summed E-state index contributed by atoms with van der Waals surface area (Å²) in [6.45, 7) is 2.95. The standard InChI is InChI=1S/C24H20N4O3/c1-16-21(8-5-13-25-16)24(29)28-14-20(15-28)30-19-11-9-17(10-12-19)22-26-23(31-27-22)18-6-3-2-4-7-18/h2-13,20H,14-15H2,1H3. The molecule has 3 heterocycles. The SMILES string of the molecule is Cc1ncccc1C(=O)N1CC(Oc2ccc(-c3noc(-c4ccccc4)n3)cc2)C1. The molecule has 154 valence electrons. The predicted molar refractivity (Wildman–Crippen MR) is 114 cm³/mol. The van der Waals surface area contributed by atoms with Gasteiger partial charge >= 0.3 is 0 Å². The van der Waals surface area contributed by atoms with Crippen LogP contribution in [-0.4, -0.2) is 45.1 Å². The number of benzene rings is 2. The number of nitrogens with zero attached hydrogens (tertiary/aromatic N) is 4. The average Bonchev–Trinajstić information content (AvgIpc) is 3.27. The topological polar surface area (TPSA) is 81.4 Å². The van der Waals surface area contributed by atoms with Crippen LogP contribution in [-0.2, 0) is 0 Å². The first-order valence-corrected chi connectivity index (χ1v) is 10.0. The van der Waals surface area contributed by atoms with Gasteiger partial charge < -0.3 is 14.2 Å². The van der Waals surface area contributed by atoms with E-state index in [4.69, 9.17) is 9.26 Å². The van der Waals surface area contributed by atoms with Crippen LogP contribution in [0.2, 0.25) is 0 Å². The number of amides is 1. The smallest absolute Gasteiger partial charge is 0.258 e. The van der Waals surface area contributed by atoms with Crippen LogP contribution < -0.4 is 4.74 Å². The molecule has 7 heteroatoms. The zero-order valence-electron chi connectivity index (χ0n) is 16.9. The molecule has 0 aliphatic carbocycles. The maximum absolute atomic E-state index is 12.6. The van der Waals surface area contributed by atoms with Gasteiger partial charge in [-0.15, -0.1) is 0 Å². The summed E-state index contributed by atoms with van der Waals surface area (Å²) in [5.41, 5.74) is 3.10. The number of hydrogen-bond donors (Lipinski definition) is 0. The molecule has 1 saturated heterocycles. The fraction of sp³-hybridized carbons (Fsp3) is 0.167. The summed E-state index contributed by atoms with van der Waals surface area (Å²) in [6, 6.07) is 20.8. The molecular formula is C24H20N4O3. The van der Waals surface area contributed by atoms with Crippen LogP contribution in [0.4, 0.5) is 0 Å². The minimum absolute atomic E-state index is 0.00729. The largest absolute Gasteiger partial charge is 0.487 e. The summed E-state index contributed by atoms with van der Waals surface area (Å²) in [6.07, 6.45) is 1.66. The molecule has 5 rings (SSSR count). The first-order valence-electron chi connectivity index (χ1n) is 10.0. The average molecular weight is 412 g/mol. The van der Waals surface area contributed by atoms with E-state index in [1.54, 1.807) is 23.2 Å². The molecule has 0 N–H and O–H groups in total. The molecule has 1 aliphatic heterocycles. The molecule has 0 atom stereocenters. The van der Waals surface area contributed by atoms with E-state index in [2.05, 4.69) is 15.1 Å². The van der Waals surface area contributed by atoms with Crippen molar-refractivity contribution in [3.63, 3.8) is 0 Å². The highest BCUT2D eigenvalue weighted by Gasteiger charge is 2.33. The summed E-state index contributed by atoms with van der Waals surface area (Å²) >= 11 is 0. The summed E-state index contributed by atoms with van der Waals surface area (Å²) in [4.78, 5) is 23.0. The molecular weight excluding hydrogens is 392 g/mol. The zero-order valence-corrected chi connectivity index (χ0v) is 16.9. The van der Waals surface area contributed by atoms with Crippen molar-refractivity contribution in [1.29, 1.82) is 0 Å². The lowest BCUT2D eigenvalue weighted by atomic mass is 10.1. The van der Waals surface area contributed by atoms with Gasteiger partial charge in [0.1, 0.15) is 11.9 Å². The van der Waals surface area contributed by atoms with Gasteiger partial charge in [-0.2, -0.15) is 4.98 Å². The van der Waals surface area contributed by atoms with Gasteiger partial charge in [0, 0.05) is 23.0 Å². The maximum Gasteiger partial charge on any atom is 0.258 e. The third-order valence-electron chi connectivity index (χ3n) is 5.23. The second kappa shape index (κ2) is 8.02. The van der Waals surface area contributed by atoms with Gasteiger partial charge in [0.05, 0.1) is 18.7 Å². The molecule has 4 aromatic rings. The lowest BCUT2D eigenvalue weighted by molar-refractivity contribution is 0.0177. The van der Waals surface area contributed by atoms with E-state index in [-0.39, 0.29) is 12.0 Å². The Morgan fingerprint density at radius 2 is 1.77 bits per heavy atom. The van der Waals surface area contributed by atoms with E-state index in [9.17, 15) is 4.79 Å². The molecule has 2 aromatic carbocycles. The second-order valence-corrected chi connectivity index (χ2v) is 7.40. The number of likely N-dealkylation sites (tertiary alicyclic amines) is 1. The van der Waals surface area contributed by atoms with Gasteiger partial charge in [-0.3, -0.25) is 9.78 Å². The Balaban J connectivity index is 1.19. The third-order valence-corrected chi connectivity index (χ3v) is 5.23. The molecule has 2 aromatic heterocycles. The van der Waals surface area contributed by atoms with Gasteiger partial charge in [-0.1, -0.05) is 23.4 Å². The van der Waals surface area contributed by atoms with Crippen molar-refractivity contribution >= 4 is 5.91 Å². The van der Waals surface area contributed by atoms with Gasteiger partial charge in [-0.05, 0) is 55.5 Å². The molecule has 0 bridgehead atoms. The van der Waals surface area contributed by atoms with Crippen molar-refractivity contribution < 1.29 is 14.1 Å². The highest BCUT2D eigenvalue weighted by Crippen LogP contribution is 2.25. The molecule has 0 saturated carbocycles. The van der Waals surface area contributed by atoms with Crippen LogP contribution in [0.5, 0.6) is 5.75 Å². The van der Waals surface area contributed by atoms with E-state index in [1.807, 2.05) is 61.5 Å². The Morgan fingerprint density at radius 1 is 1.00 bits per heavy atom. The number of ether oxygens (including phenoxy) is 1. The normalized spacial score (nSPS) is 13.6. The minimum Gasteiger partial charge on any atom is -0.487 e. The van der Waals surface area contributed by atoms with Crippen molar-refractivity contribution in [2.75, 3.05) is 13.1 Å². The van der Waals surface area contributed by atoms with Crippen LogP contribution in [0, 0.1) is 6.92 Å². The van der Waals surface area contributed by atoms with E-state index in [0.29, 0.717) is 30.4 Å². The van der Waals surface area contributed by atoms with Crippen molar-refractivity contribution in [3.05, 3.63) is 84.2 Å². The summed E-state index contributed by atoms with van der Waals surface area (Å²) < 4.78 is 11.4. The predicted octanol–water partition coefficient (Wildman–Crippen LogP) is 4.01. The van der Waals surface area contributed by atoms with Crippen molar-refractivity contribution in [2.24, 2.45) is 0 Å². The van der Waals surface area contributed by atoms with Gasteiger partial charge in [0.15, 0.2) is 0 Å². The molecule has 1 fully saturated rings. The van der Waals surface area contributed by atoms with E-state index >= 15 is 0 Å². The number of aryl methyl sites for hydroxylation is 1. The zero-order chi connectivity index (χ0) is 21.2. The highest BCUT2D eigenvalue weighted by atomic mass is 16.5. The van der Waals surface area contributed by atoms with Crippen LogP contribution in [0.25, 0.3) is 22.8 Å². The Bertz CT molecular complexity index is 1200. The quantitative estimate of drug-likeness (QED) is 0.493. The first-order chi connectivity index (χ1) is 15.2. The molecule has 31 heavy (non-hydrogen) atoms. The van der Waals surface area contributed by atoms with Crippen LogP contribution >= 0.6 is 0 Å². The minimum atomic E-state index is -0.0263.